The lowest BCUT2D eigenvalue weighted by atomic mass is 10.1. The molecule has 96 valence electrons. The Hall–Kier alpha value is -1.88. The number of anilines is 1. The minimum Gasteiger partial charge on any atom is -0.370 e. The molecule has 18 heavy (non-hydrogen) atoms. The van der Waals surface area contributed by atoms with E-state index in [1.54, 1.807) is 4.90 Å². The Labute approximate surface area is 106 Å². The molecule has 0 radical (unpaired) electrons. The van der Waals surface area contributed by atoms with Gasteiger partial charge in [-0.1, -0.05) is 12.1 Å². The van der Waals surface area contributed by atoms with E-state index in [2.05, 4.69) is 0 Å². The van der Waals surface area contributed by atoms with Crippen LogP contribution in [0, 0.1) is 6.92 Å². The summed E-state index contributed by atoms with van der Waals surface area (Å²) in [5, 5.41) is 0. The molecule has 0 aliphatic carbocycles. The van der Waals surface area contributed by atoms with Crippen molar-refractivity contribution in [1.29, 1.82) is 0 Å². The van der Waals surface area contributed by atoms with Crippen LogP contribution in [0.25, 0.3) is 0 Å². The SMILES string of the molecule is Cc1cc(CC(N)=O)ccc1N1CCOCC1=O. The Morgan fingerprint density at radius 2 is 2.28 bits per heavy atom. The van der Waals surface area contributed by atoms with E-state index in [4.69, 9.17) is 10.5 Å². The first-order valence-corrected chi connectivity index (χ1v) is 5.84. The summed E-state index contributed by atoms with van der Waals surface area (Å²) in [5.74, 6) is -0.392. The quantitative estimate of drug-likeness (QED) is 0.840. The summed E-state index contributed by atoms with van der Waals surface area (Å²) in [6, 6.07) is 5.58. The van der Waals surface area contributed by atoms with Gasteiger partial charge < -0.3 is 15.4 Å². The molecule has 1 fully saturated rings. The first-order valence-electron chi connectivity index (χ1n) is 5.84. The van der Waals surface area contributed by atoms with Crippen LogP contribution in [0.15, 0.2) is 18.2 Å². The molecule has 0 atom stereocenters. The molecule has 2 amide bonds. The summed E-state index contributed by atoms with van der Waals surface area (Å²) in [4.78, 5) is 24.3. The number of benzene rings is 1. The van der Waals surface area contributed by atoms with Gasteiger partial charge in [0.2, 0.25) is 5.91 Å². The van der Waals surface area contributed by atoms with Crippen molar-refractivity contribution in [2.24, 2.45) is 5.73 Å². The van der Waals surface area contributed by atoms with Crippen molar-refractivity contribution in [3.63, 3.8) is 0 Å². The molecular weight excluding hydrogens is 232 g/mol. The van der Waals surface area contributed by atoms with Crippen LogP contribution in [-0.2, 0) is 20.7 Å². The molecule has 0 unspecified atom stereocenters. The van der Waals surface area contributed by atoms with Gasteiger partial charge in [-0.3, -0.25) is 9.59 Å². The number of carbonyl (C=O) groups excluding carboxylic acids is 2. The van der Waals surface area contributed by atoms with Crippen molar-refractivity contribution in [2.75, 3.05) is 24.7 Å². The molecule has 0 bridgehead atoms. The number of hydrogen-bond acceptors (Lipinski definition) is 3. The lowest BCUT2D eigenvalue weighted by Gasteiger charge is -2.28. The van der Waals surface area contributed by atoms with Crippen LogP contribution in [0.1, 0.15) is 11.1 Å². The second-order valence-electron chi connectivity index (χ2n) is 4.36. The molecule has 1 aliphatic rings. The van der Waals surface area contributed by atoms with Gasteiger partial charge in [0.1, 0.15) is 6.61 Å². The molecule has 2 rings (SSSR count). The summed E-state index contributed by atoms with van der Waals surface area (Å²) in [7, 11) is 0. The maximum Gasteiger partial charge on any atom is 0.253 e. The second-order valence-corrected chi connectivity index (χ2v) is 4.36. The minimum atomic E-state index is -0.357. The topological polar surface area (TPSA) is 72.6 Å². The van der Waals surface area contributed by atoms with Gasteiger partial charge in [-0.2, -0.15) is 0 Å². The van der Waals surface area contributed by atoms with E-state index >= 15 is 0 Å². The number of nitrogens with zero attached hydrogens (tertiary/aromatic N) is 1. The molecule has 1 aromatic rings. The van der Waals surface area contributed by atoms with E-state index in [9.17, 15) is 9.59 Å². The largest absolute Gasteiger partial charge is 0.370 e. The summed E-state index contributed by atoms with van der Waals surface area (Å²) in [6.07, 6.45) is 0.220. The number of carbonyl (C=O) groups is 2. The minimum absolute atomic E-state index is 0.0352. The zero-order valence-electron chi connectivity index (χ0n) is 10.3. The maximum absolute atomic E-state index is 11.7. The molecular formula is C13H16N2O3. The third-order valence-corrected chi connectivity index (χ3v) is 2.92. The Balaban J connectivity index is 2.23. The number of aryl methyl sites for hydroxylation is 1. The van der Waals surface area contributed by atoms with Crippen LogP contribution in [-0.4, -0.2) is 31.6 Å². The molecule has 0 spiro atoms. The zero-order chi connectivity index (χ0) is 13.1. The average Bonchev–Trinajstić information content (AvgIpc) is 2.30. The summed E-state index contributed by atoms with van der Waals surface area (Å²) in [5.41, 5.74) is 7.86. The number of amides is 2. The molecule has 1 saturated heterocycles. The third kappa shape index (κ3) is 2.68. The highest BCUT2D eigenvalue weighted by molar-refractivity contribution is 5.95. The first kappa shape index (κ1) is 12.6. The van der Waals surface area contributed by atoms with Gasteiger partial charge in [-0.25, -0.2) is 0 Å². The van der Waals surface area contributed by atoms with Gasteiger partial charge in [-0.05, 0) is 24.1 Å². The van der Waals surface area contributed by atoms with E-state index in [0.717, 1.165) is 16.8 Å². The summed E-state index contributed by atoms with van der Waals surface area (Å²) < 4.78 is 5.10. The van der Waals surface area contributed by atoms with E-state index in [1.165, 1.54) is 0 Å². The molecule has 5 nitrogen and oxygen atoms in total. The fourth-order valence-electron chi connectivity index (χ4n) is 2.10. The normalized spacial score (nSPS) is 15.8. The predicted octanol–water partition coefficient (Wildman–Crippen LogP) is 0.386. The van der Waals surface area contributed by atoms with Gasteiger partial charge >= 0.3 is 0 Å². The Morgan fingerprint density at radius 1 is 1.50 bits per heavy atom. The Morgan fingerprint density at radius 3 is 2.89 bits per heavy atom. The van der Waals surface area contributed by atoms with Crippen molar-refractivity contribution < 1.29 is 14.3 Å². The average molecular weight is 248 g/mol. The number of rotatable bonds is 3. The van der Waals surface area contributed by atoms with Crippen LogP contribution in [0.3, 0.4) is 0 Å². The Bertz CT molecular complexity index is 485. The van der Waals surface area contributed by atoms with Crippen molar-refractivity contribution in [3.05, 3.63) is 29.3 Å². The number of nitrogens with two attached hydrogens (primary N) is 1. The fourth-order valence-corrected chi connectivity index (χ4v) is 2.10. The Kier molecular flexibility index (Phi) is 3.62. The third-order valence-electron chi connectivity index (χ3n) is 2.92. The molecule has 2 N–H and O–H groups in total. The monoisotopic (exact) mass is 248 g/mol. The summed E-state index contributed by atoms with van der Waals surface area (Å²) in [6.45, 7) is 3.16. The second kappa shape index (κ2) is 5.18. The van der Waals surface area contributed by atoms with Gasteiger partial charge in [0.15, 0.2) is 0 Å². The van der Waals surface area contributed by atoms with Crippen molar-refractivity contribution in [3.8, 4) is 0 Å². The van der Waals surface area contributed by atoms with Gasteiger partial charge in [-0.15, -0.1) is 0 Å². The highest BCUT2D eigenvalue weighted by Gasteiger charge is 2.21. The van der Waals surface area contributed by atoms with Crippen molar-refractivity contribution in [2.45, 2.75) is 13.3 Å². The number of morpholine rings is 1. The molecule has 1 aromatic carbocycles. The van der Waals surface area contributed by atoms with Crippen LogP contribution in [0.2, 0.25) is 0 Å². The number of primary amides is 1. The van der Waals surface area contributed by atoms with Gasteiger partial charge in [0.25, 0.3) is 5.91 Å². The molecule has 0 aromatic heterocycles. The first-order chi connectivity index (χ1) is 8.58. The van der Waals surface area contributed by atoms with Gasteiger partial charge in [0.05, 0.1) is 13.0 Å². The molecule has 0 saturated carbocycles. The number of ether oxygens (including phenoxy) is 1. The maximum atomic E-state index is 11.7. The van der Waals surface area contributed by atoms with Crippen LogP contribution >= 0.6 is 0 Å². The molecule has 1 heterocycles. The van der Waals surface area contributed by atoms with Gasteiger partial charge in [0, 0.05) is 12.2 Å². The van der Waals surface area contributed by atoms with Crippen molar-refractivity contribution >= 4 is 17.5 Å². The van der Waals surface area contributed by atoms with E-state index in [1.807, 2.05) is 25.1 Å². The van der Waals surface area contributed by atoms with E-state index in [-0.39, 0.29) is 24.8 Å². The van der Waals surface area contributed by atoms with Crippen LogP contribution in [0.5, 0.6) is 0 Å². The zero-order valence-corrected chi connectivity index (χ0v) is 10.3. The smallest absolute Gasteiger partial charge is 0.253 e. The predicted molar refractivity (Wildman–Crippen MR) is 67.2 cm³/mol. The lowest BCUT2D eigenvalue weighted by Crippen LogP contribution is -2.42. The highest BCUT2D eigenvalue weighted by Crippen LogP contribution is 2.23. The van der Waals surface area contributed by atoms with E-state index < -0.39 is 0 Å². The highest BCUT2D eigenvalue weighted by atomic mass is 16.5. The fraction of sp³-hybridized carbons (Fsp3) is 0.385. The molecule has 1 aliphatic heterocycles. The standard InChI is InChI=1S/C13H16N2O3/c1-9-6-10(7-12(14)16)2-3-11(9)15-4-5-18-8-13(15)17/h2-3,6H,4-5,7-8H2,1H3,(H2,14,16). The van der Waals surface area contributed by atoms with E-state index in [0.29, 0.717) is 13.2 Å². The van der Waals surface area contributed by atoms with Crippen LogP contribution < -0.4 is 10.6 Å². The van der Waals surface area contributed by atoms with Crippen molar-refractivity contribution in [1.82, 2.24) is 0 Å². The summed E-state index contributed by atoms with van der Waals surface area (Å²) >= 11 is 0. The number of hydrogen-bond donors (Lipinski definition) is 1. The molecule has 5 heteroatoms. The van der Waals surface area contributed by atoms with Crippen LogP contribution in [0.4, 0.5) is 5.69 Å². The lowest BCUT2D eigenvalue weighted by molar-refractivity contribution is -0.125.